The zero-order chi connectivity index (χ0) is 34.4. The molecule has 2 aliphatic heterocycles. The van der Waals surface area contributed by atoms with Gasteiger partial charge < -0.3 is 29.7 Å². The molecular formula is C36H44F3N3O6. The highest BCUT2D eigenvalue weighted by molar-refractivity contribution is 6.05. The molecule has 9 nitrogen and oxygen atoms in total. The summed E-state index contributed by atoms with van der Waals surface area (Å²) in [5.41, 5.74) is 2.15. The van der Waals surface area contributed by atoms with Crippen molar-refractivity contribution in [3.8, 4) is 5.75 Å². The van der Waals surface area contributed by atoms with Gasteiger partial charge in [-0.1, -0.05) is 38.1 Å². The molecule has 0 radical (unpaired) electrons. The molecule has 1 fully saturated rings. The SMILES string of the molecule is CC.COCN1C(=O)c2cc(NC(=O)c3ccc(C(F)(F)F)cc3)ccc2OC[C@@H]2O[C@H](CC(=O)NC3Cc4ccccc4C3)CC[C@@H]21.[HH].[HH]. The fourth-order valence-electron chi connectivity index (χ4n) is 6.45. The zero-order valence-corrected chi connectivity index (χ0v) is 27.1. The van der Waals surface area contributed by atoms with Crippen LogP contribution in [0.1, 0.15) is 73.4 Å². The molecule has 0 bridgehead atoms. The fraction of sp³-hybridized carbons (Fsp3) is 0.417. The summed E-state index contributed by atoms with van der Waals surface area (Å²) in [7, 11) is 1.48. The predicted octanol–water partition coefficient (Wildman–Crippen LogP) is 6.50. The largest absolute Gasteiger partial charge is 0.490 e. The second-order valence-electron chi connectivity index (χ2n) is 11.8. The van der Waals surface area contributed by atoms with E-state index in [2.05, 4.69) is 22.8 Å². The van der Waals surface area contributed by atoms with Crippen LogP contribution in [-0.2, 0) is 33.3 Å². The van der Waals surface area contributed by atoms with Gasteiger partial charge >= 0.3 is 6.18 Å². The number of alkyl halides is 3. The highest BCUT2D eigenvalue weighted by Crippen LogP contribution is 2.34. The minimum absolute atomic E-state index is 0. The van der Waals surface area contributed by atoms with E-state index in [0.717, 1.165) is 37.1 Å². The maximum Gasteiger partial charge on any atom is 0.416 e. The molecule has 3 atom stereocenters. The summed E-state index contributed by atoms with van der Waals surface area (Å²) in [5, 5.41) is 5.79. The van der Waals surface area contributed by atoms with Gasteiger partial charge in [0.2, 0.25) is 5.91 Å². The van der Waals surface area contributed by atoms with Crippen molar-refractivity contribution in [3.05, 3.63) is 94.5 Å². The van der Waals surface area contributed by atoms with E-state index in [0.29, 0.717) is 12.8 Å². The average Bonchev–Trinajstić information content (AvgIpc) is 3.49. The van der Waals surface area contributed by atoms with Crippen LogP contribution in [0.2, 0.25) is 0 Å². The monoisotopic (exact) mass is 671 g/mol. The summed E-state index contributed by atoms with van der Waals surface area (Å²) in [6.07, 6.45) is -2.42. The van der Waals surface area contributed by atoms with E-state index in [1.165, 1.54) is 24.3 Å². The minimum atomic E-state index is -4.51. The van der Waals surface area contributed by atoms with E-state index in [9.17, 15) is 27.6 Å². The number of nitrogens with zero attached hydrogens (tertiary/aromatic N) is 1. The van der Waals surface area contributed by atoms with Crippen molar-refractivity contribution >= 4 is 23.4 Å². The average molecular weight is 672 g/mol. The van der Waals surface area contributed by atoms with Gasteiger partial charge in [-0.25, -0.2) is 0 Å². The third-order valence-electron chi connectivity index (χ3n) is 8.68. The number of halogens is 3. The van der Waals surface area contributed by atoms with E-state index >= 15 is 0 Å². The Kier molecular flexibility index (Phi) is 11.1. The number of ether oxygens (including phenoxy) is 3. The second-order valence-corrected chi connectivity index (χ2v) is 11.8. The lowest BCUT2D eigenvalue weighted by Crippen LogP contribution is -2.55. The maximum atomic E-state index is 13.8. The third-order valence-corrected chi connectivity index (χ3v) is 8.68. The number of anilines is 1. The van der Waals surface area contributed by atoms with E-state index in [1.807, 2.05) is 26.0 Å². The Morgan fingerprint density at radius 2 is 1.69 bits per heavy atom. The third kappa shape index (κ3) is 7.99. The number of carbonyl (C=O) groups is 3. The molecule has 0 saturated carbocycles. The van der Waals surface area contributed by atoms with Gasteiger partial charge in [0.05, 0.1) is 29.7 Å². The van der Waals surface area contributed by atoms with Crippen LogP contribution in [0.5, 0.6) is 5.75 Å². The molecule has 3 aromatic carbocycles. The van der Waals surface area contributed by atoms with Gasteiger partial charge in [-0.15, -0.1) is 0 Å². The van der Waals surface area contributed by atoms with E-state index in [-0.39, 0.29) is 69.3 Å². The van der Waals surface area contributed by atoms with Crippen molar-refractivity contribution in [3.63, 3.8) is 0 Å². The van der Waals surface area contributed by atoms with Crippen LogP contribution in [0.4, 0.5) is 18.9 Å². The van der Waals surface area contributed by atoms with Crippen molar-refractivity contribution < 1.29 is 44.6 Å². The topological polar surface area (TPSA) is 106 Å². The maximum absolute atomic E-state index is 13.8. The van der Waals surface area contributed by atoms with Crippen LogP contribution in [0.3, 0.4) is 0 Å². The van der Waals surface area contributed by atoms with Crippen molar-refractivity contribution in [1.82, 2.24) is 10.2 Å². The van der Waals surface area contributed by atoms with E-state index in [1.54, 1.807) is 17.0 Å². The van der Waals surface area contributed by atoms with Crippen molar-refractivity contribution in [2.75, 3.05) is 25.8 Å². The molecule has 260 valence electrons. The number of amides is 3. The molecule has 12 heteroatoms. The summed E-state index contributed by atoms with van der Waals surface area (Å²) >= 11 is 0. The van der Waals surface area contributed by atoms with E-state index in [4.69, 9.17) is 14.2 Å². The van der Waals surface area contributed by atoms with Gasteiger partial charge in [-0.2, -0.15) is 13.2 Å². The molecule has 1 aliphatic carbocycles. The summed E-state index contributed by atoms with van der Waals surface area (Å²) < 4.78 is 56.5. The number of benzene rings is 3. The quantitative estimate of drug-likeness (QED) is 0.297. The molecule has 3 aliphatic rings. The number of hydrogen-bond acceptors (Lipinski definition) is 6. The smallest absolute Gasteiger partial charge is 0.416 e. The van der Waals surface area contributed by atoms with Crippen LogP contribution >= 0.6 is 0 Å². The zero-order valence-electron chi connectivity index (χ0n) is 27.1. The van der Waals surface area contributed by atoms with Crippen molar-refractivity contribution in [2.24, 2.45) is 0 Å². The second kappa shape index (κ2) is 15.2. The lowest BCUT2D eigenvalue weighted by atomic mass is 9.94. The first-order valence-electron chi connectivity index (χ1n) is 16.2. The van der Waals surface area contributed by atoms with Gasteiger partial charge in [0, 0.05) is 27.3 Å². The van der Waals surface area contributed by atoms with Gasteiger partial charge in [0.1, 0.15) is 25.2 Å². The standard InChI is InChI=1S/C34H34F3N3O6.C2H6.2H2/c1-44-19-40-28-12-11-26(17-31(41)38-25-14-21-4-2-3-5-22(21)15-25)46-30(28)18-45-29-13-10-24(16-27(29)33(40)43)39-32(42)20-6-8-23(9-7-20)34(35,36)37;1-2;;/h2-10,13,16,25-26,28,30H,11-12,14-15,17-19H2,1H3,(H,38,41)(H,39,42);1-2H3;2*1H/t26-,28-,30-;;;/m0.../s1. The molecule has 6 rings (SSSR count). The molecule has 48 heavy (non-hydrogen) atoms. The Balaban J connectivity index is 0.00000166. The molecule has 0 spiro atoms. The van der Waals surface area contributed by atoms with Gasteiger partial charge in [-0.3, -0.25) is 14.4 Å². The van der Waals surface area contributed by atoms with Crippen LogP contribution in [0, 0.1) is 0 Å². The van der Waals surface area contributed by atoms with Gasteiger partial charge in [0.15, 0.2) is 0 Å². The number of carbonyl (C=O) groups excluding carboxylic acids is 3. The van der Waals surface area contributed by atoms with Crippen LogP contribution in [0.15, 0.2) is 66.7 Å². The van der Waals surface area contributed by atoms with Crippen molar-refractivity contribution in [1.29, 1.82) is 0 Å². The normalized spacial score (nSPS) is 20.5. The highest BCUT2D eigenvalue weighted by Gasteiger charge is 2.41. The number of rotatable bonds is 7. The Morgan fingerprint density at radius 1 is 1.00 bits per heavy atom. The Labute approximate surface area is 280 Å². The Morgan fingerprint density at radius 3 is 2.33 bits per heavy atom. The van der Waals surface area contributed by atoms with Crippen molar-refractivity contribution in [2.45, 2.75) is 76.4 Å². The van der Waals surface area contributed by atoms with Gasteiger partial charge in [0.25, 0.3) is 11.8 Å². The molecule has 0 unspecified atom stereocenters. The summed E-state index contributed by atoms with van der Waals surface area (Å²) in [4.78, 5) is 41.1. The number of hydrogen-bond donors (Lipinski definition) is 2. The lowest BCUT2D eigenvalue weighted by Gasteiger charge is -2.43. The van der Waals surface area contributed by atoms with Crippen LogP contribution < -0.4 is 15.4 Å². The molecule has 2 N–H and O–H groups in total. The summed E-state index contributed by atoms with van der Waals surface area (Å²) in [6.45, 7) is 4.11. The first-order valence-corrected chi connectivity index (χ1v) is 16.2. The molecule has 2 heterocycles. The number of fused-ring (bicyclic) bond motifs is 3. The summed E-state index contributed by atoms with van der Waals surface area (Å²) in [5.74, 6) is -0.817. The number of nitrogens with one attached hydrogen (secondary N) is 2. The molecular weight excluding hydrogens is 627 g/mol. The first kappa shape index (κ1) is 34.9. The molecule has 0 aromatic heterocycles. The molecule has 3 amide bonds. The van der Waals surface area contributed by atoms with Crippen LogP contribution in [0.25, 0.3) is 0 Å². The molecule has 3 aromatic rings. The van der Waals surface area contributed by atoms with Crippen LogP contribution in [-0.4, -0.2) is 67.4 Å². The Hall–Kier alpha value is -4.42. The minimum Gasteiger partial charge on any atom is -0.490 e. The first-order chi connectivity index (χ1) is 23.1. The Bertz CT molecular complexity index is 1600. The summed E-state index contributed by atoms with van der Waals surface area (Å²) in [6, 6.07) is 16.3. The highest BCUT2D eigenvalue weighted by atomic mass is 19.4. The van der Waals surface area contributed by atoms with Gasteiger partial charge in [-0.05, 0) is 79.3 Å². The fourth-order valence-corrected chi connectivity index (χ4v) is 6.45. The predicted molar refractivity (Wildman–Crippen MR) is 177 cm³/mol. The number of methoxy groups -OCH3 is 1. The lowest BCUT2D eigenvalue weighted by molar-refractivity contribution is -0.139. The van der Waals surface area contributed by atoms with E-state index < -0.39 is 29.7 Å². The molecule has 1 saturated heterocycles.